The molecule has 4 rings (SSSR count). The molecule has 2 N–H and O–H groups in total. The van der Waals surface area contributed by atoms with Gasteiger partial charge in [-0.25, -0.2) is 14.8 Å². The van der Waals surface area contributed by atoms with Crippen LogP contribution in [-0.4, -0.2) is 16.0 Å². The Balaban J connectivity index is 1.73. The maximum atomic E-state index is 12.6. The Morgan fingerprint density at radius 3 is 2.50 bits per heavy atom. The number of hydrogen-bond donors (Lipinski definition) is 2. The lowest BCUT2D eigenvalue weighted by Crippen LogP contribution is -2.20. The number of carbonyl (C=O) groups excluding carboxylic acids is 1. The van der Waals surface area contributed by atoms with E-state index in [1.807, 2.05) is 75.4 Å². The summed E-state index contributed by atoms with van der Waals surface area (Å²) in [5, 5.41) is 5.81. The van der Waals surface area contributed by atoms with Crippen LogP contribution in [0.4, 0.5) is 16.2 Å². The third-order valence-corrected chi connectivity index (χ3v) is 5.71. The molecule has 0 aliphatic carbocycles. The zero-order valence-electron chi connectivity index (χ0n) is 18.1. The Kier molecular flexibility index (Phi) is 6.37. The van der Waals surface area contributed by atoms with Crippen molar-refractivity contribution in [3.63, 3.8) is 0 Å². The van der Waals surface area contributed by atoms with Gasteiger partial charge in [-0.05, 0) is 79.9 Å². The quantitative estimate of drug-likeness (QED) is 0.307. The van der Waals surface area contributed by atoms with E-state index in [1.165, 1.54) is 0 Å². The van der Waals surface area contributed by atoms with Gasteiger partial charge >= 0.3 is 6.03 Å². The van der Waals surface area contributed by atoms with Crippen molar-refractivity contribution >= 4 is 49.9 Å². The Labute approximate surface area is 194 Å². The number of nitrogens with zero attached hydrogens (tertiary/aromatic N) is 2. The Morgan fingerprint density at radius 2 is 1.84 bits per heavy atom. The first-order valence-corrected chi connectivity index (χ1v) is 11.1. The smallest absolute Gasteiger partial charge is 0.323 e. The summed E-state index contributed by atoms with van der Waals surface area (Å²) in [5.74, 6) is 0.651. The number of furan rings is 1. The molecule has 162 valence electrons. The average Bonchev–Trinajstić information content (AvgIpc) is 3.33. The number of rotatable bonds is 5. The molecule has 0 aliphatic rings. The van der Waals surface area contributed by atoms with Crippen molar-refractivity contribution in [1.29, 1.82) is 0 Å². The fraction of sp³-hybridized carbons (Fsp3) is 0.160. The molecule has 0 unspecified atom stereocenters. The van der Waals surface area contributed by atoms with Crippen molar-refractivity contribution in [3.05, 3.63) is 76.6 Å². The number of amides is 2. The molecule has 2 aromatic heterocycles. The number of fused-ring (bicyclic) bond motifs is 1. The molecule has 0 bridgehead atoms. The molecule has 32 heavy (non-hydrogen) atoms. The predicted octanol–water partition coefficient (Wildman–Crippen LogP) is 7.28. The van der Waals surface area contributed by atoms with Gasteiger partial charge in [-0.15, -0.1) is 0 Å². The number of halogens is 1. The highest BCUT2D eigenvalue weighted by Crippen LogP contribution is 2.31. The van der Waals surface area contributed by atoms with Crippen molar-refractivity contribution in [2.45, 2.75) is 27.2 Å². The number of allylic oxidation sites excluding steroid dienone is 2. The fourth-order valence-electron chi connectivity index (χ4n) is 3.37. The van der Waals surface area contributed by atoms with Crippen molar-refractivity contribution in [2.24, 2.45) is 0 Å². The molecular formula is C25H23BrN4O2. The van der Waals surface area contributed by atoms with Crippen LogP contribution in [0.1, 0.15) is 32.0 Å². The maximum absolute atomic E-state index is 12.6. The van der Waals surface area contributed by atoms with Crippen LogP contribution < -0.4 is 10.6 Å². The van der Waals surface area contributed by atoms with Gasteiger partial charge in [0.25, 0.3) is 0 Å². The van der Waals surface area contributed by atoms with Crippen LogP contribution in [-0.2, 0) is 6.42 Å². The van der Waals surface area contributed by atoms with Crippen molar-refractivity contribution < 1.29 is 9.21 Å². The van der Waals surface area contributed by atoms with Crippen LogP contribution in [0.25, 0.3) is 28.1 Å². The minimum Gasteiger partial charge on any atom is -0.463 e. The number of urea groups is 1. The summed E-state index contributed by atoms with van der Waals surface area (Å²) in [4.78, 5) is 22.3. The van der Waals surface area contributed by atoms with E-state index in [2.05, 4.69) is 26.6 Å². The third-order valence-electron chi connectivity index (χ3n) is 5.18. The largest absolute Gasteiger partial charge is 0.463 e. The summed E-state index contributed by atoms with van der Waals surface area (Å²) < 4.78 is 6.55. The minimum absolute atomic E-state index is 0.318. The lowest BCUT2D eigenvalue weighted by Gasteiger charge is -2.14. The molecule has 7 heteroatoms. The lowest BCUT2D eigenvalue weighted by atomic mass is 10.1. The lowest BCUT2D eigenvalue weighted by molar-refractivity contribution is 0.262. The van der Waals surface area contributed by atoms with Crippen LogP contribution in [0.15, 0.2) is 69.8 Å². The topological polar surface area (TPSA) is 80.0 Å². The number of benzene rings is 2. The molecule has 4 aromatic rings. The third kappa shape index (κ3) is 4.57. The fourth-order valence-corrected chi connectivity index (χ4v) is 3.63. The number of nitrogens with one attached hydrogen (secondary N) is 2. The highest BCUT2D eigenvalue weighted by molar-refractivity contribution is 9.10. The van der Waals surface area contributed by atoms with Gasteiger partial charge in [0.15, 0.2) is 5.76 Å². The zero-order valence-corrected chi connectivity index (χ0v) is 19.7. The van der Waals surface area contributed by atoms with Crippen LogP contribution in [0.3, 0.4) is 0 Å². The Morgan fingerprint density at radius 1 is 1.09 bits per heavy atom. The molecular weight excluding hydrogens is 468 g/mol. The van der Waals surface area contributed by atoms with Gasteiger partial charge in [-0.1, -0.05) is 28.9 Å². The van der Waals surface area contributed by atoms with Gasteiger partial charge < -0.3 is 15.1 Å². The minimum atomic E-state index is -0.318. The summed E-state index contributed by atoms with van der Waals surface area (Å²) >= 11 is 3.39. The van der Waals surface area contributed by atoms with Gasteiger partial charge in [0, 0.05) is 15.8 Å². The van der Waals surface area contributed by atoms with E-state index in [4.69, 9.17) is 14.4 Å². The van der Waals surface area contributed by atoms with E-state index in [-0.39, 0.29) is 6.03 Å². The summed E-state index contributed by atoms with van der Waals surface area (Å²) in [6.07, 6.45) is 4.37. The van der Waals surface area contributed by atoms with Gasteiger partial charge in [0.2, 0.25) is 0 Å². The number of aryl methyl sites for hydroxylation is 1. The second kappa shape index (κ2) is 9.36. The molecule has 2 heterocycles. The maximum Gasteiger partial charge on any atom is 0.323 e. The number of aromatic nitrogens is 2. The molecule has 0 saturated heterocycles. The Bertz CT molecular complexity index is 1300. The zero-order chi connectivity index (χ0) is 22.7. The van der Waals surface area contributed by atoms with Gasteiger partial charge in [0.05, 0.1) is 23.0 Å². The van der Waals surface area contributed by atoms with Crippen LogP contribution in [0, 0.1) is 0 Å². The average molecular weight is 491 g/mol. The van der Waals surface area contributed by atoms with E-state index in [9.17, 15) is 4.79 Å². The first kappa shape index (κ1) is 21.8. The molecule has 6 nitrogen and oxygen atoms in total. The number of anilines is 2. The standard InChI is InChI=1S/C25H23BrN4O2/c1-4-15(3)23-24(22-7-6-12-32-22)29-21-14-19(16(5-2)13-20(21)28-23)30-25(31)27-18-10-8-17(26)9-11-18/h4,6-14H,5H2,1-3H3,(H2,27,30,31). The van der Waals surface area contributed by atoms with Crippen LogP contribution in [0.5, 0.6) is 0 Å². The first-order chi connectivity index (χ1) is 15.5. The number of hydrogen-bond acceptors (Lipinski definition) is 4. The Hall–Kier alpha value is -3.45. The van der Waals surface area contributed by atoms with Crippen LogP contribution >= 0.6 is 15.9 Å². The molecule has 2 amide bonds. The highest BCUT2D eigenvalue weighted by atomic mass is 79.9. The molecule has 0 saturated carbocycles. The van der Waals surface area contributed by atoms with E-state index >= 15 is 0 Å². The van der Waals surface area contributed by atoms with Gasteiger partial charge in [0.1, 0.15) is 5.69 Å². The summed E-state index contributed by atoms with van der Waals surface area (Å²) in [5.41, 5.74) is 6.30. The number of carbonyl (C=O) groups is 1. The summed E-state index contributed by atoms with van der Waals surface area (Å²) in [6, 6.07) is 14.6. The molecule has 0 aliphatic heterocycles. The van der Waals surface area contributed by atoms with Crippen molar-refractivity contribution in [1.82, 2.24) is 9.97 Å². The van der Waals surface area contributed by atoms with Crippen LogP contribution in [0.2, 0.25) is 0 Å². The molecule has 0 radical (unpaired) electrons. The van der Waals surface area contributed by atoms with E-state index in [0.29, 0.717) is 28.3 Å². The molecule has 0 fully saturated rings. The first-order valence-electron chi connectivity index (χ1n) is 10.3. The summed E-state index contributed by atoms with van der Waals surface area (Å²) in [7, 11) is 0. The highest BCUT2D eigenvalue weighted by Gasteiger charge is 2.17. The van der Waals surface area contributed by atoms with E-state index in [0.717, 1.165) is 33.2 Å². The molecule has 0 atom stereocenters. The van der Waals surface area contributed by atoms with E-state index in [1.54, 1.807) is 6.26 Å². The second-order valence-electron chi connectivity index (χ2n) is 7.31. The van der Waals surface area contributed by atoms with Gasteiger partial charge in [-0.2, -0.15) is 0 Å². The molecule has 0 spiro atoms. The predicted molar refractivity (Wildman–Crippen MR) is 133 cm³/mol. The summed E-state index contributed by atoms with van der Waals surface area (Å²) in [6.45, 7) is 6.02. The van der Waals surface area contributed by atoms with Crippen molar-refractivity contribution in [3.8, 4) is 11.5 Å². The molecule has 2 aromatic carbocycles. The van der Waals surface area contributed by atoms with Crippen molar-refractivity contribution in [2.75, 3.05) is 10.6 Å². The second-order valence-corrected chi connectivity index (χ2v) is 8.22. The van der Waals surface area contributed by atoms with E-state index < -0.39 is 0 Å². The van der Waals surface area contributed by atoms with Gasteiger partial charge in [-0.3, -0.25) is 0 Å². The SMILES string of the molecule is CC=C(C)c1nc2cc(CC)c(NC(=O)Nc3ccc(Br)cc3)cc2nc1-c1ccco1. The monoisotopic (exact) mass is 490 g/mol. The normalized spacial score (nSPS) is 11.6.